The second-order valence-electron chi connectivity index (χ2n) is 9.31. The van der Waals surface area contributed by atoms with E-state index in [2.05, 4.69) is 5.10 Å². The first-order valence-electron chi connectivity index (χ1n) is 10.7. The van der Waals surface area contributed by atoms with Gasteiger partial charge in [0.2, 0.25) is 5.91 Å². The van der Waals surface area contributed by atoms with E-state index in [1.54, 1.807) is 25.1 Å². The fourth-order valence-electron chi connectivity index (χ4n) is 4.00. The lowest BCUT2D eigenvalue weighted by Crippen LogP contribution is -2.45. The highest BCUT2D eigenvalue weighted by Gasteiger charge is 2.28. The van der Waals surface area contributed by atoms with Crippen molar-refractivity contribution in [3.05, 3.63) is 40.3 Å². The molecule has 1 saturated heterocycles. The zero-order valence-electron chi connectivity index (χ0n) is 19.1. The predicted octanol–water partition coefficient (Wildman–Crippen LogP) is 2.58. The third-order valence-electron chi connectivity index (χ3n) is 5.46. The van der Waals surface area contributed by atoms with Crippen LogP contribution in [0.4, 0.5) is 4.79 Å². The topological polar surface area (TPSA) is 84.7 Å². The van der Waals surface area contributed by atoms with Crippen molar-refractivity contribution in [3.63, 3.8) is 0 Å². The molecule has 0 spiro atoms. The smallest absolute Gasteiger partial charge is 0.410 e. The highest BCUT2D eigenvalue weighted by molar-refractivity contribution is 5.88. The minimum atomic E-state index is -0.536. The van der Waals surface area contributed by atoms with E-state index in [4.69, 9.17) is 4.74 Å². The molecule has 1 atom stereocenters. The maximum absolute atomic E-state index is 13.1. The molecule has 1 aliphatic heterocycles. The van der Waals surface area contributed by atoms with E-state index in [1.807, 2.05) is 43.9 Å². The molecule has 3 rings (SSSR count). The monoisotopic (exact) mass is 428 g/mol. The highest BCUT2D eigenvalue weighted by atomic mass is 16.6. The zero-order chi connectivity index (χ0) is 22.8. The van der Waals surface area contributed by atoms with Gasteiger partial charge in [-0.05, 0) is 45.6 Å². The Morgan fingerprint density at radius 2 is 1.90 bits per heavy atom. The van der Waals surface area contributed by atoms with E-state index in [-0.39, 0.29) is 29.9 Å². The van der Waals surface area contributed by atoms with Crippen molar-refractivity contribution in [2.75, 3.05) is 26.7 Å². The Kier molecular flexibility index (Phi) is 6.67. The van der Waals surface area contributed by atoms with Gasteiger partial charge in [0.15, 0.2) is 0 Å². The molecule has 1 unspecified atom stereocenters. The lowest BCUT2D eigenvalue weighted by atomic mass is 9.97. The summed E-state index contributed by atoms with van der Waals surface area (Å²) in [5, 5.41) is 5.64. The molecule has 0 N–H and O–H groups in total. The van der Waals surface area contributed by atoms with Gasteiger partial charge in [0.25, 0.3) is 5.56 Å². The standard InChI is InChI=1S/C23H32N4O4/c1-23(2,3)31-22(30)25(4)14-16-9-8-12-27(15-16)20(28)13-19-17-10-6-7-11-18(17)21(29)26(5)24-19/h6-7,10-11,16H,8-9,12-15H2,1-5H3. The van der Waals surface area contributed by atoms with Crippen LogP contribution < -0.4 is 5.56 Å². The Morgan fingerprint density at radius 1 is 1.23 bits per heavy atom. The average Bonchev–Trinajstić information content (AvgIpc) is 2.70. The summed E-state index contributed by atoms with van der Waals surface area (Å²) >= 11 is 0. The summed E-state index contributed by atoms with van der Waals surface area (Å²) in [7, 11) is 3.33. The van der Waals surface area contributed by atoms with Crippen molar-refractivity contribution in [2.45, 2.75) is 45.6 Å². The number of aryl methyl sites for hydroxylation is 1. The van der Waals surface area contributed by atoms with Crippen molar-refractivity contribution in [2.24, 2.45) is 13.0 Å². The summed E-state index contributed by atoms with van der Waals surface area (Å²) in [5.74, 6) is 0.181. The molecule has 0 saturated carbocycles. The van der Waals surface area contributed by atoms with Gasteiger partial charge in [-0.15, -0.1) is 0 Å². The second kappa shape index (κ2) is 9.08. The van der Waals surface area contributed by atoms with Crippen LogP contribution in [0.15, 0.2) is 29.1 Å². The number of carbonyl (C=O) groups is 2. The van der Waals surface area contributed by atoms with Crippen LogP contribution in [-0.4, -0.2) is 63.9 Å². The zero-order valence-corrected chi connectivity index (χ0v) is 19.1. The molecule has 31 heavy (non-hydrogen) atoms. The number of aromatic nitrogens is 2. The van der Waals surface area contributed by atoms with Crippen molar-refractivity contribution in [1.29, 1.82) is 0 Å². The van der Waals surface area contributed by atoms with Crippen molar-refractivity contribution in [1.82, 2.24) is 19.6 Å². The minimum Gasteiger partial charge on any atom is -0.444 e. The SMILES string of the molecule is CN(CC1CCCN(C(=O)Cc2nn(C)c(=O)c3ccccc23)C1)C(=O)OC(C)(C)C. The van der Waals surface area contributed by atoms with Gasteiger partial charge in [0, 0.05) is 39.1 Å². The first kappa shape index (κ1) is 22.8. The molecule has 8 nitrogen and oxygen atoms in total. The molecule has 168 valence electrons. The average molecular weight is 429 g/mol. The molecule has 1 aromatic carbocycles. The van der Waals surface area contributed by atoms with E-state index in [1.165, 1.54) is 4.68 Å². The molecule has 1 aromatic heterocycles. The van der Waals surface area contributed by atoms with Crippen LogP contribution >= 0.6 is 0 Å². The summed E-state index contributed by atoms with van der Waals surface area (Å²) in [6.07, 6.45) is 1.64. The Balaban J connectivity index is 1.67. The number of fused-ring (bicyclic) bond motifs is 1. The number of hydrogen-bond donors (Lipinski definition) is 0. The first-order valence-corrected chi connectivity index (χ1v) is 10.7. The lowest BCUT2D eigenvalue weighted by molar-refractivity contribution is -0.132. The molecular weight excluding hydrogens is 396 g/mol. The van der Waals surface area contributed by atoms with Crippen LogP contribution in [-0.2, 0) is 23.0 Å². The lowest BCUT2D eigenvalue weighted by Gasteiger charge is -2.35. The van der Waals surface area contributed by atoms with Gasteiger partial charge < -0.3 is 14.5 Å². The van der Waals surface area contributed by atoms with Gasteiger partial charge in [0.05, 0.1) is 17.5 Å². The van der Waals surface area contributed by atoms with Crippen LogP contribution in [0.2, 0.25) is 0 Å². The van der Waals surface area contributed by atoms with Gasteiger partial charge in [-0.1, -0.05) is 18.2 Å². The van der Waals surface area contributed by atoms with Crippen LogP contribution in [0.1, 0.15) is 39.3 Å². The van der Waals surface area contributed by atoms with E-state index < -0.39 is 5.60 Å². The maximum atomic E-state index is 13.1. The summed E-state index contributed by atoms with van der Waals surface area (Å²) < 4.78 is 6.72. The largest absolute Gasteiger partial charge is 0.444 e. The first-order chi connectivity index (χ1) is 14.5. The summed E-state index contributed by atoms with van der Waals surface area (Å²) in [6.45, 7) is 7.36. The van der Waals surface area contributed by atoms with E-state index in [0.29, 0.717) is 30.7 Å². The Hall–Kier alpha value is -2.90. The molecule has 2 heterocycles. The number of nitrogens with zero attached hydrogens (tertiary/aromatic N) is 4. The minimum absolute atomic E-state index is 0.0130. The van der Waals surface area contributed by atoms with Gasteiger partial charge >= 0.3 is 6.09 Å². The molecule has 8 heteroatoms. The molecular formula is C23H32N4O4. The number of benzene rings is 1. The molecule has 1 fully saturated rings. The van der Waals surface area contributed by atoms with Gasteiger partial charge in [0.1, 0.15) is 5.60 Å². The van der Waals surface area contributed by atoms with Crippen LogP contribution in [0, 0.1) is 5.92 Å². The molecule has 1 aliphatic rings. The van der Waals surface area contributed by atoms with Gasteiger partial charge in [-0.25, -0.2) is 9.48 Å². The van der Waals surface area contributed by atoms with E-state index in [9.17, 15) is 14.4 Å². The third kappa shape index (κ3) is 5.62. The maximum Gasteiger partial charge on any atom is 0.410 e. The number of rotatable bonds is 4. The highest BCUT2D eigenvalue weighted by Crippen LogP contribution is 2.21. The number of likely N-dealkylation sites (tertiary alicyclic amines) is 1. The number of hydrogen-bond acceptors (Lipinski definition) is 5. The fraction of sp³-hybridized carbons (Fsp3) is 0.565. The normalized spacial score (nSPS) is 16.9. The van der Waals surface area contributed by atoms with Gasteiger partial charge in [-0.2, -0.15) is 5.10 Å². The molecule has 2 aromatic rings. The number of amides is 2. The van der Waals surface area contributed by atoms with Crippen LogP contribution in [0.25, 0.3) is 10.8 Å². The third-order valence-corrected chi connectivity index (χ3v) is 5.46. The van der Waals surface area contributed by atoms with E-state index in [0.717, 1.165) is 18.2 Å². The summed E-state index contributed by atoms with van der Waals surface area (Å²) in [6, 6.07) is 7.25. The van der Waals surface area contributed by atoms with Crippen molar-refractivity contribution < 1.29 is 14.3 Å². The summed E-state index contributed by atoms with van der Waals surface area (Å²) in [5.41, 5.74) is -0.100. The van der Waals surface area contributed by atoms with E-state index >= 15 is 0 Å². The second-order valence-corrected chi connectivity index (χ2v) is 9.31. The molecule has 2 amide bonds. The predicted molar refractivity (Wildman–Crippen MR) is 119 cm³/mol. The van der Waals surface area contributed by atoms with Crippen LogP contribution in [0.3, 0.4) is 0 Å². The van der Waals surface area contributed by atoms with Crippen LogP contribution in [0.5, 0.6) is 0 Å². The Morgan fingerprint density at radius 3 is 2.58 bits per heavy atom. The quantitative estimate of drug-likeness (QED) is 0.747. The molecule has 0 bridgehead atoms. The summed E-state index contributed by atoms with van der Waals surface area (Å²) in [4.78, 5) is 41.1. The van der Waals surface area contributed by atoms with Gasteiger partial charge in [-0.3, -0.25) is 9.59 Å². The number of ether oxygens (including phenoxy) is 1. The molecule has 0 aliphatic carbocycles. The number of piperidine rings is 1. The Bertz CT molecular complexity index is 1020. The number of carbonyl (C=O) groups excluding carboxylic acids is 2. The van der Waals surface area contributed by atoms with Crippen molar-refractivity contribution >= 4 is 22.8 Å². The Labute approximate surface area is 182 Å². The molecule has 0 radical (unpaired) electrons. The fourth-order valence-corrected chi connectivity index (χ4v) is 4.00. The van der Waals surface area contributed by atoms with Crippen molar-refractivity contribution in [3.8, 4) is 0 Å².